The van der Waals surface area contributed by atoms with Crippen molar-refractivity contribution in [2.75, 3.05) is 16.8 Å². The molecule has 0 saturated heterocycles. The summed E-state index contributed by atoms with van der Waals surface area (Å²) in [4.78, 5) is 0. The molecule has 0 fully saturated rings. The molecule has 0 aliphatic rings. The van der Waals surface area contributed by atoms with Crippen molar-refractivity contribution >= 4 is 17.6 Å². The Morgan fingerprint density at radius 1 is 1.26 bits per heavy atom. The zero-order valence-corrected chi connectivity index (χ0v) is 13.0. The van der Waals surface area contributed by atoms with Crippen LogP contribution in [0.25, 0.3) is 0 Å². The van der Waals surface area contributed by atoms with E-state index in [0.29, 0.717) is 11.4 Å². The van der Waals surface area contributed by atoms with Crippen LogP contribution < -0.4 is 5.32 Å². The Bertz CT molecular complexity index is 453. The van der Waals surface area contributed by atoms with Crippen molar-refractivity contribution in [1.29, 1.82) is 5.26 Å². The molecule has 0 saturated carbocycles. The van der Waals surface area contributed by atoms with E-state index in [1.165, 1.54) is 0 Å². The van der Waals surface area contributed by atoms with E-state index in [4.69, 9.17) is 0 Å². The van der Waals surface area contributed by atoms with Crippen molar-refractivity contribution < 1.29 is 0 Å². The molecule has 1 heterocycles. The third-order valence-corrected chi connectivity index (χ3v) is 4.06. The van der Waals surface area contributed by atoms with E-state index < -0.39 is 0 Å². The van der Waals surface area contributed by atoms with Crippen LogP contribution in [0, 0.1) is 11.3 Å². The van der Waals surface area contributed by atoms with Crippen molar-refractivity contribution in [3.8, 4) is 6.07 Å². The Balaban J connectivity index is 2.99. The largest absolute Gasteiger partial charge is 0.364 e. The summed E-state index contributed by atoms with van der Waals surface area (Å²) in [5.74, 6) is 2.72. The number of nitrogens with one attached hydrogen (secondary N) is 1. The fourth-order valence-electron chi connectivity index (χ4n) is 1.96. The van der Waals surface area contributed by atoms with Gasteiger partial charge >= 0.3 is 0 Å². The minimum absolute atomic E-state index is 0.281. The number of rotatable bonds is 7. The Hall–Kier alpha value is -1.28. The molecular weight excluding hydrogens is 256 g/mol. The molecular formula is C14H22N4S. The Kier molecular flexibility index (Phi) is 6.65. The second-order valence-electron chi connectivity index (χ2n) is 4.37. The molecule has 0 radical (unpaired) electrons. The molecule has 5 heteroatoms. The lowest BCUT2D eigenvalue weighted by Crippen LogP contribution is -2.21. The molecule has 1 aromatic heterocycles. The van der Waals surface area contributed by atoms with E-state index in [2.05, 4.69) is 42.4 Å². The van der Waals surface area contributed by atoms with Gasteiger partial charge in [-0.05, 0) is 31.1 Å². The average Bonchev–Trinajstić information content (AvgIpc) is 2.44. The summed E-state index contributed by atoms with van der Waals surface area (Å²) in [6.07, 6.45) is 1.63. The monoisotopic (exact) mass is 278 g/mol. The van der Waals surface area contributed by atoms with Crippen molar-refractivity contribution in [3.63, 3.8) is 0 Å². The van der Waals surface area contributed by atoms with E-state index in [0.717, 1.165) is 35.6 Å². The second-order valence-corrected chi connectivity index (χ2v) is 5.69. The summed E-state index contributed by atoms with van der Waals surface area (Å²) in [5.41, 5.74) is 2.61. The number of aryl methyl sites for hydroxylation is 1. The van der Waals surface area contributed by atoms with Crippen LogP contribution in [-0.4, -0.2) is 27.7 Å². The Morgan fingerprint density at radius 2 is 2.00 bits per heavy atom. The maximum Gasteiger partial charge on any atom is 0.167 e. The Labute approximate surface area is 120 Å². The van der Waals surface area contributed by atoms with Gasteiger partial charge in [-0.25, -0.2) is 0 Å². The van der Waals surface area contributed by atoms with Crippen molar-refractivity contribution in [1.82, 2.24) is 10.2 Å². The first kappa shape index (κ1) is 15.8. The van der Waals surface area contributed by atoms with Gasteiger partial charge in [0.2, 0.25) is 0 Å². The van der Waals surface area contributed by atoms with Gasteiger partial charge in [-0.1, -0.05) is 20.8 Å². The van der Waals surface area contributed by atoms with Gasteiger partial charge in [0.05, 0.1) is 5.69 Å². The zero-order valence-electron chi connectivity index (χ0n) is 12.2. The summed E-state index contributed by atoms with van der Waals surface area (Å²) in [6.45, 7) is 8.34. The molecule has 104 valence electrons. The number of hydrogen-bond donors (Lipinski definition) is 1. The number of nitriles is 1. The van der Waals surface area contributed by atoms with Gasteiger partial charge in [-0.2, -0.15) is 22.1 Å². The maximum absolute atomic E-state index is 9.38. The normalized spacial score (nSPS) is 11.9. The minimum atomic E-state index is 0.281. The lowest BCUT2D eigenvalue weighted by molar-refractivity contribution is 0.841. The van der Waals surface area contributed by atoms with E-state index in [-0.39, 0.29) is 6.04 Å². The van der Waals surface area contributed by atoms with Gasteiger partial charge in [0.15, 0.2) is 5.82 Å². The lowest BCUT2D eigenvalue weighted by atomic mass is 10.0. The molecule has 1 atom stereocenters. The summed E-state index contributed by atoms with van der Waals surface area (Å²) >= 11 is 1.87. The summed E-state index contributed by atoms with van der Waals surface area (Å²) in [6, 6.07) is 2.56. The van der Waals surface area contributed by atoms with E-state index in [9.17, 15) is 5.26 Å². The van der Waals surface area contributed by atoms with E-state index in [1.807, 2.05) is 18.7 Å². The number of hydrogen-bond acceptors (Lipinski definition) is 5. The fraction of sp³-hybridized carbons (Fsp3) is 0.643. The van der Waals surface area contributed by atoms with Crippen LogP contribution >= 0.6 is 11.8 Å². The molecule has 0 bridgehead atoms. The summed E-state index contributed by atoms with van der Waals surface area (Å²) < 4.78 is 0. The lowest BCUT2D eigenvalue weighted by Gasteiger charge is -2.16. The molecule has 19 heavy (non-hydrogen) atoms. The smallest absolute Gasteiger partial charge is 0.167 e. The minimum Gasteiger partial charge on any atom is -0.364 e. The first-order chi connectivity index (χ1) is 9.17. The van der Waals surface area contributed by atoms with Crippen molar-refractivity contribution in [2.24, 2.45) is 0 Å². The predicted molar refractivity (Wildman–Crippen MR) is 81.6 cm³/mol. The molecule has 0 aliphatic heterocycles. The number of thioether (sulfide) groups is 1. The van der Waals surface area contributed by atoms with Gasteiger partial charge in [0, 0.05) is 11.8 Å². The van der Waals surface area contributed by atoms with Crippen LogP contribution in [-0.2, 0) is 12.8 Å². The maximum atomic E-state index is 9.38. The SMILES string of the molecule is CCSCC(C)Nc1nnc(CC)c(CC)c1C#N. The molecule has 1 unspecified atom stereocenters. The first-order valence-electron chi connectivity index (χ1n) is 6.80. The van der Waals surface area contributed by atoms with Crippen LogP contribution in [0.15, 0.2) is 0 Å². The Morgan fingerprint density at radius 3 is 2.53 bits per heavy atom. The van der Waals surface area contributed by atoms with Crippen molar-refractivity contribution in [2.45, 2.75) is 46.6 Å². The fourth-order valence-corrected chi connectivity index (χ4v) is 2.64. The van der Waals surface area contributed by atoms with Crippen LogP contribution in [0.3, 0.4) is 0 Å². The molecule has 1 rings (SSSR count). The molecule has 0 aromatic carbocycles. The zero-order chi connectivity index (χ0) is 14.3. The molecule has 1 N–H and O–H groups in total. The highest BCUT2D eigenvalue weighted by Crippen LogP contribution is 2.21. The summed E-state index contributed by atoms with van der Waals surface area (Å²) in [5, 5.41) is 21.1. The predicted octanol–water partition coefficient (Wildman–Crippen LogP) is 3.03. The van der Waals surface area contributed by atoms with Crippen LogP contribution in [0.2, 0.25) is 0 Å². The molecule has 0 amide bonds. The molecule has 4 nitrogen and oxygen atoms in total. The standard InChI is InChI=1S/C14H22N4S/c1-5-11-12(8-15)14(18-17-13(11)6-2)16-10(4)9-19-7-3/h10H,5-7,9H2,1-4H3,(H,16,18). The van der Waals surface area contributed by atoms with Crippen LogP contribution in [0.1, 0.15) is 44.5 Å². The van der Waals surface area contributed by atoms with Gasteiger partial charge < -0.3 is 5.32 Å². The topological polar surface area (TPSA) is 61.6 Å². The molecule has 0 aliphatic carbocycles. The first-order valence-corrected chi connectivity index (χ1v) is 7.96. The highest BCUT2D eigenvalue weighted by Gasteiger charge is 2.15. The van der Waals surface area contributed by atoms with Gasteiger partial charge in [-0.15, -0.1) is 5.10 Å². The highest BCUT2D eigenvalue weighted by molar-refractivity contribution is 7.99. The quantitative estimate of drug-likeness (QED) is 0.830. The van der Waals surface area contributed by atoms with Crippen molar-refractivity contribution in [3.05, 3.63) is 16.8 Å². The van der Waals surface area contributed by atoms with Gasteiger partial charge in [-0.3, -0.25) is 0 Å². The van der Waals surface area contributed by atoms with E-state index in [1.54, 1.807) is 0 Å². The van der Waals surface area contributed by atoms with Gasteiger partial charge in [0.1, 0.15) is 11.6 Å². The van der Waals surface area contributed by atoms with Gasteiger partial charge in [0.25, 0.3) is 0 Å². The van der Waals surface area contributed by atoms with E-state index >= 15 is 0 Å². The van der Waals surface area contributed by atoms with Crippen LogP contribution in [0.5, 0.6) is 0 Å². The summed E-state index contributed by atoms with van der Waals surface area (Å²) in [7, 11) is 0. The number of aromatic nitrogens is 2. The average molecular weight is 278 g/mol. The number of nitrogens with zero attached hydrogens (tertiary/aromatic N) is 3. The third-order valence-electron chi connectivity index (χ3n) is 2.91. The number of anilines is 1. The molecule has 0 spiro atoms. The second kappa shape index (κ2) is 8.00. The molecule has 1 aromatic rings. The van der Waals surface area contributed by atoms with Crippen LogP contribution in [0.4, 0.5) is 5.82 Å². The third kappa shape index (κ3) is 4.10. The highest BCUT2D eigenvalue weighted by atomic mass is 32.2.